The summed E-state index contributed by atoms with van der Waals surface area (Å²) >= 11 is 5.96. The lowest BCUT2D eigenvalue weighted by Gasteiger charge is -2.12. The Balaban J connectivity index is 2.20. The van der Waals surface area contributed by atoms with E-state index in [1.807, 2.05) is 0 Å². The van der Waals surface area contributed by atoms with Gasteiger partial charge in [0.1, 0.15) is 10.8 Å². The van der Waals surface area contributed by atoms with Crippen molar-refractivity contribution in [2.24, 2.45) is 0 Å². The molecule has 0 unspecified atom stereocenters. The van der Waals surface area contributed by atoms with Crippen LogP contribution >= 0.6 is 11.6 Å². The van der Waals surface area contributed by atoms with E-state index in [0.717, 1.165) is 16.7 Å². The Morgan fingerprint density at radius 1 is 1.00 bits per heavy atom. The molecular weight excluding hydrogens is 341 g/mol. The normalized spacial score (nSPS) is 11.5. The fraction of sp³-hybridized carbons (Fsp3) is 0.0588. The van der Waals surface area contributed by atoms with Gasteiger partial charge in [0.2, 0.25) is 0 Å². The average Bonchev–Trinajstić information content (AvgIpc) is 2.57. The Labute approximate surface area is 140 Å². The van der Waals surface area contributed by atoms with Gasteiger partial charge in [0.05, 0.1) is 11.8 Å². The Morgan fingerprint density at radius 2 is 1.71 bits per heavy atom. The minimum Gasteiger partial charge on any atom is -0.279 e. The molecule has 1 aromatic heterocycles. The summed E-state index contributed by atoms with van der Waals surface area (Å²) in [7, 11) is 0. The summed E-state index contributed by atoms with van der Waals surface area (Å²) < 4.78 is 39.7. The molecule has 0 spiro atoms. The summed E-state index contributed by atoms with van der Waals surface area (Å²) in [6.45, 7) is 0. The maximum Gasteiger partial charge on any atom is 0.416 e. The summed E-state index contributed by atoms with van der Waals surface area (Å²) in [6.07, 6.45) is -3.30. The van der Waals surface area contributed by atoms with E-state index in [2.05, 4.69) is 4.98 Å². The monoisotopic (exact) mass is 350 g/mol. The van der Waals surface area contributed by atoms with Crippen LogP contribution in [0.5, 0.6) is 0 Å². The molecule has 0 aliphatic rings. The lowest BCUT2D eigenvalue weighted by Crippen LogP contribution is -2.21. The Morgan fingerprint density at radius 3 is 2.38 bits per heavy atom. The lowest BCUT2D eigenvalue weighted by atomic mass is 10.1. The fourth-order valence-corrected chi connectivity index (χ4v) is 2.45. The van der Waals surface area contributed by atoms with Crippen molar-refractivity contribution in [1.29, 1.82) is 0 Å². The van der Waals surface area contributed by atoms with Crippen molar-refractivity contribution in [1.82, 2.24) is 9.55 Å². The third kappa shape index (κ3) is 3.19. The van der Waals surface area contributed by atoms with Crippen LogP contribution in [-0.4, -0.2) is 9.55 Å². The van der Waals surface area contributed by atoms with Gasteiger partial charge in [-0.2, -0.15) is 13.2 Å². The van der Waals surface area contributed by atoms with E-state index >= 15 is 0 Å². The van der Waals surface area contributed by atoms with E-state index in [1.165, 1.54) is 18.3 Å². The second-order valence-corrected chi connectivity index (χ2v) is 5.39. The summed E-state index contributed by atoms with van der Waals surface area (Å²) in [5, 5.41) is 0.00543. The molecule has 0 saturated heterocycles. The molecule has 122 valence electrons. The molecule has 2 aromatic carbocycles. The second kappa shape index (κ2) is 6.13. The number of aromatic nitrogens is 2. The molecule has 0 saturated carbocycles. The van der Waals surface area contributed by atoms with E-state index < -0.39 is 17.3 Å². The summed E-state index contributed by atoms with van der Waals surface area (Å²) in [6, 6.07) is 13.1. The van der Waals surface area contributed by atoms with E-state index in [0.29, 0.717) is 5.56 Å². The third-order valence-electron chi connectivity index (χ3n) is 3.37. The molecule has 0 atom stereocenters. The topological polar surface area (TPSA) is 34.9 Å². The standard InChI is InChI=1S/C17H10ClF3N2O/c18-14-10-23(13-8-4-7-12(9-13)17(19,20)21)16(24)15(22-14)11-5-2-1-3-6-11/h1-10H. The van der Waals surface area contributed by atoms with E-state index in [9.17, 15) is 18.0 Å². The minimum atomic E-state index is -4.50. The number of hydrogen-bond donors (Lipinski definition) is 0. The zero-order valence-electron chi connectivity index (χ0n) is 12.1. The Bertz CT molecular complexity index is 937. The molecule has 0 fully saturated rings. The van der Waals surface area contributed by atoms with Gasteiger partial charge in [-0.05, 0) is 18.2 Å². The van der Waals surface area contributed by atoms with Crippen LogP contribution in [0.3, 0.4) is 0 Å². The van der Waals surface area contributed by atoms with Gasteiger partial charge in [0.25, 0.3) is 5.56 Å². The SMILES string of the molecule is O=c1c(-c2ccccc2)nc(Cl)cn1-c1cccc(C(F)(F)F)c1. The number of alkyl halides is 3. The Kier molecular flexibility index (Phi) is 4.15. The maximum atomic E-state index is 12.9. The van der Waals surface area contributed by atoms with Crippen molar-refractivity contribution in [3.8, 4) is 16.9 Å². The van der Waals surface area contributed by atoms with Crippen LogP contribution in [0.25, 0.3) is 16.9 Å². The fourth-order valence-electron chi connectivity index (χ4n) is 2.27. The summed E-state index contributed by atoms with van der Waals surface area (Å²) in [4.78, 5) is 16.7. The van der Waals surface area contributed by atoms with Gasteiger partial charge >= 0.3 is 6.18 Å². The number of benzene rings is 2. The number of rotatable bonds is 2. The molecule has 0 aliphatic carbocycles. The Hall–Kier alpha value is -2.60. The molecule has 1 heterocycles. The molecule has 3 aromatic rings. The number of hydrogen-bond acceptors (Lipinski definition) is 2. The minimum absolute atomic E-state index is 0.00543. The van der Waals surface area contributed by atoms with Crippen molar-refractivity contribution >= 4 is 11.6 Å². The van der Waals surface area contributed by atoms with Crippen LogP contribution in [0.2, 0.25) is 5.15 Å². The predicted octanol–water partition coefficient (Wildman–Crippen LogP) is 4.57. The first kappa shape index (κ1) is 16.3. The maximum absolute atomic E-state index is 12.9. The van der Waals surface area contributed by atoms with Crippen LogP contribution in [0, 0.1) is 0 Å². The van der Waals surface area contributed by atoms with Gasteiger partial charge in [-0.15, -0.1) is 0 Å². The molecule has 0 N–H and O–H groups in total. The van der Waals surface area contributed by atoms with E-state index in [-0.39, 0.29) is 16.5 Å². The molecule has 24 heavy (non-hydrogen) atoms. The van der Waals surface area contributed by atoms with Gasteiger partial charge in [-0.25, -0.2) is 4.98 Å². The van der Waals surface area contributed by atoms with Crippen LogP contribution in [0.1, 0.15) is 5.56 Å². The zero-order valence-corrected chi connectivity index (χ0v) is 12.8. The van der Waals surface area contributed by atoms with Crippen molar-refractivity contribution in [2.75, 3.05) is 0 Å². The van der Waals surface area contributed by atoms with Crippen LogP contribution in [0.4, 0.5) is 13.2 Å². The summed E-state index contributed by atoms with van der Waals surface area (Å²) in [5.74, 6) is 0. The first-order valence-corrected chi connectivity index (χ1v) is 7.26. The first-order chi connectivity index (χ1) is 11.4. The van der Waals surface area contributed by atoms with Crippen molar-refractivity contribution < 1.29 is 13.2 Å². The van der Waals surface area contributed by atoms with Gasteiger partial charge in [-0.1, -0.05) is 48.0 Å². The van der Waals surface area contributed by atoms with Gasteiger partial charge < -0.3 is 0 Å². The third-order valence-corrected chi connectivity index (χ3v) is 3.56. The predicted molar refractivity (Wildman–Crippen MR) is 85.3 cm³/mol. The molecule has 3 rings (SSSR count). The van der Waals surface area contributed by atoms with Crippen LogP contribution in [0.15, 0.2) is 65.6 Å². The first-order valence-electron chi connectivity index (χ1n) is 6.88. The van der Waals surface area contributed by atoms with Crippen LogP contribution < -0.4 is 5.56 Å². The molecule has 0 aliphatic heterocycles. The largest absolute Gasteiger partial charge is 0.416 e. The number of halogens is 4. The van der Waals surface area contributed by atoms with Gasteiger partial charge in [-0.3, -0.25) is 9.36 Å². The molecule has 0 bridgehead atoms. The highest BCUT2D eigenvalue weighted by molar-refractivity contribution is 6.29. The quantitative estimate of drug-likeness (QED) is 0.678. The van der Waals surface area contributed by atoms with Crippen molar-refractivity contribution in [2.45, 2.75) is 6.18 Å². The second-order valence-electron chi connectivity index (χ2n) is 5.00. The highest BCUT2D eigenvalue weighted by atomic mass is 35.5. The molecule has 7 heteroatoms. The van der Waals surface area contributed by atoms with Crippen LogP contribution in [-0.2, 0) is 6.18 Å². The molecule has 3 nitrogen and oxygen atoms in total. The summed E-state index contributed by atoms with van der Waals surface area (Å²) in [5.41, 5.74) is -0.728. The smallest absolute Gasteiger partial charge is 0.279 e. The molecule has 0 amide bonds. The molecular formula is C17H10ClF3N2O. The van der Waals surface area contributed by atoms with Crippen molar-refractivity contribution in [3.05, 3.63) is 81.9 Å². The van der Waals surface area contributed by atoms with Gasteiger partial charge in [0.15, 0.2) is 0 Å². The molecule has 0 radical (unpaired) electrons. The highest BCUT2D eigenvalue weighted by Crippen LogP contribution is 2.30. The van der Waals surface area contributed by atoms with Crippen molar-refractivity contribution in [3.63, 3.8) is 0 Å². The van der Waals surface area contributed by atoms with Gasteiger partial charge in [0, 0.05) is 11.3 Å². The average molecular weight is 351 g/mol. The lowest BCUT2D eigenvalue weighted by molar-refractivity contribution is -0.137. The highest BCUT2D eigenvalue weighted by Gasteiger charge is 2.30. The van der Waals surface area contributed by atoms with E-state index in [1.54, 1.807) is 30.3 Å². The zero-order chi connectivity index (χ0) is 17.3. The van der Waals surface area contributed by atoms with E-state index in [4.69, 9.17) is 11.6 Å². The number of nitrogens with zero attached hydrogens (tertiary/aromatic N) is 2.